The highest BCUT2D eigenvalue weighted by Crippen LogP contribution is 2.39. The van der Waals surface area contributed by atoms with Crippen molar-refractivity contribution < 1.29 is 24.5 Å². The van der Waals surface area contributed by atoms with Crippen LogP contribution in [0.15, 0.2) is 80.1 Å². The molecule has 0 unspecified atom stereocenters. The van der Waals surface area contributed by atoms with Crippen LogP contribution in [0.3, 0.4) is 0 Å². The predicted molar refractivity (Wildman–Crippen MR) is 133 cm³/mol. The van der Waals surface area contributed by atoms with Gasteiger partial charge < -0.3 is 19.7 Å². The molecule has 3 rings (SSSR count). The van der Waals surface area contributed by atoms with Gasteiger partial charge in [-0.1, -0.05) is 50.1 Å². The molecule has 0 heterocycles. The molecule has 168 valence electrons. The maximum absolute atomic E-state index is 12.8. The Labute approximate surface area is 210 Å². The van der Waals surface area contributed by atoms with Crippen LogP contribution in [0.5, 0.6) is 11.5 Å². The monoisotopic (exact) mass is 627 g/mol. The van der Waals surface area contributed by atoms with Crippen LogP contribution in [0.4, 0.5) is 10.5 Å². The quantitative estimate of drug-likeness (QED) is 0.255. The molecule has 1 amide bonds. The third-order valence-electron chi connectivity index (χ3n) is 4.47. The number of carbonyl (C=O) groups excluding carboxylic acids is 1. The van der Waals surface area contributed by atoms with Crippen LogP contribution >= 0.6 is 47.8 Å². The summed E-state index contributed by atoms with van der Waals surface area (Å²) in [4.78, 5) is 12.8. The second-order valence-electron chi connectivity index (χ2n) is 6.76. The Bertz CT molecular complexity index is 1050. The van der Waals surface area contributed by atoms with Gasteiger partial charge >= 0.3 is 6.09 Å². The largest absolute Gasteiger partial charge is 0.506 e. The number of amides is 1. The number of nitrogens with one attached hydrogen (secondary N) is 1. The first-order chi connectivity index (χ1) is 15.4. The van der Waals surface area contributed by atoms with E-state index in [1.165, 1.54) is 0 Å². The minimum atomic E-state index is -1.02. The first kappa shape index (κ1) is 24.6. The highest BCUT2D eigenvalue weighted by atomic mass is 79.9. The molecule has 0 aliphatic carbocycles. The van der Waals surface area contributed by atoms with Crippen LogP contribution in [0.1, 0.15) is 18.1 Å². The Hall–Kier alpha value is -2.07. The predicted octanol–water partition coefficient (Wildman–Crippen LogP) is 6.80. The first-order valence-corrected chi connectivity index (χ1v) is 12.0. The Kier molecular flexibility index (Phi) is 8.98. The number of phenols is 1. The second-order valence-corrected chi connectivity index (χ2v) is 9.45. The van der Waals surface area contributed by atoms with Crippen molar-refractivity contribution in [3.8, 4) is 11.5 Å². The van der Waals surface area contributed by atoms with E-state index in [1.807, 2.05) is 18.2 Å². The number of rotatable bonds is 8. The average Bonchev–Trinajstić information content (AvgIpc) is 2.77. The molecule has 0 spiro atoms. The third-order valence-corrected chi connectivity index (χ3v) is 6.06. The standard InChI is InChI=1S/C23H20Br3NO5/c24-14-6-8-16(9-7-14)27-23(30)32-22(18-12-15(25)13-19(26)21(18)29)20(10-11-28)31-17-4-2-1-3-5-17/h1-9,12-13,20,22,28-29H,10-11H2,(H,27,30)/t20-,22-/m0/s1. The third kappa shape index (κ3) is 6.71. The van der Waals surface area contributed by atoms with Crippen LogP contribution in [0, 0.1) is 0 Å². The zero-order chi connectivity index (χ0) is 23.1. The van der Waals surface area contributed by atoms with E-state index in [9.17, 15) is 15.0 Å². The van der Waals surface area contributed by atoms with E-state index in [-0.39, 0.29) is 18.8 Å². The van der Waals surface area contributed by atoms with E-state index in [0.29, 0.717) is 25.9 Å². The number of hydrogen-bond donors (Lipinski definition) is 3. The number of para-hydroxylation sites is 1. The summed E-state index contributed by atoms with van der Waals surface area (Å²) >= 11 is 10.1. The smallest absolute Gasteiger partial charge is 0.412 e. The number of aliphatic hydroxyl groups is 1. The highest BCUT2D eigenvalue weighted by molar-refractivity contribution is 9.11. The molecule has 0 aliphatic heterocycles. The summed E-state index contributed by atoms with van der Waals surface area (Å²) in [5, 5.41) is 23.0. The van der Waals surface area contributed by atoms with Gasteiger partial charge in [0.05, 0.1) is 4.47 Å². The van der Waals surface area contributed by atoms with Crippen molar-refractivity contribution >= 4 is 59.6 Å². The summed E-state index contributed by atoms with van der Waals surface area (Å²) in [6.45, 7) is -0.207. The number of benzene rings is 3. The van der Waals surface area contributed by atoms with Crippen molar-refractivity contribution in [1.29, 1.82) is 0 Å². The molecule has 9 heteroatoms. The molecular formula is C23H20Br3NO5. The van der Waals surface area contributed by atoms with Gasteiger partial charge in [0, 0.05) is 33.2 Å². The lowest BCUT2D eigenvalue weighted by molar-refractivity contribution is 0.00792. The summed E-state index contributed by atoms with van der Waals surface area (Å²) < 4.78 is 13.8. The second kappa shape index (κ2) is 11.7. The molecular weight excluding hydrogens is 610 g/mol. The zero-order valence-electron chi connectivity index (χ0n) is 16.7. The van der Waals surface area contributed by atoms with Gasteiger partial charge in [-0.05, 0) is 64.5 Å². The Balaban J connectivity index is 1.94. The van der Waals surface area contributed by atoms with E-state index < -0.39 is 18.3 Å². The SMILES string of the molecule is O=C(Nc1ccc(Br)cc1)O[C@@H](c1cc(Br)cc(Br)c1O)[C@H](CCO)Oc1ccccc1. The van der Waals surface area contributed by atoms with Gasteiger partial charge in [-0.3, -0.25) is 5.32 Å². The van der Waals surface area contributed by atoms with E-state index >= 15 is 0 Å². The lowest BCUT2D eigenvalue weighted by Crippen LogP contribution is -2.32. The normalized spacial score (nSPS) is 12.6. The van der Waals surface area contributed by atoms with E-state index in [4.69, 9.17) is 9.47 Å². The minimum Gasteiger partial charge on any atom is -0.506 e. The van der Waals surface area contributed by atoms with Crippen LogP contribution in [0.25, 0.3) is 0 Å². The van der Waals surface area contributed by atoms with E-state index in [0.717, 1.165) is 4.47 Å². The summed E-state index contributed by atoms with van der Waals surface area (Å²) in [6, 6.07) is 19.4. The molecule has 2 atom stereocenters. The topological polar surface area (TPSA) is 88.0 Å². The summed E-state index contributed by atoms with van der Waals surface area (Å²) in [6.07, 6.45) is -2.36. The molecule has 0 bridgehead atoms. The molecule has 32 heavy (non-hydrogen) atoms. The zero-order valence-corrected chi connectivity index (χ0v) is 21.4. The van der Waals surface area contributed by atoms with Crippen LogP contribution in [-0.4, -0.2) is 29.0 Å². The van der Waals surface area contributed by atoms with Crippen LogP contribution < -0.4 is 10.1 Å². The van der Waals surface area contributed by atoms with Crippen molar-refractivity contribution in [2.45, 2.75) is 18.6 Å². The molecule has 0 radical (unpaired) electrons. The fourth-order valence-electron chi connectivity index (χ4n) is 3.01. The fraction of sp³-hybridized carbons (Fsp3) is 0.174. The number of halogens is 3. The van der Waals surface area contributed by atoms with Crippen molar-refractivity contribution in [2.75, 3.05) is 11.9 Å². The van der Waals surface area contributed by atoms with Gasteiger partial charge in [0.25, 0.3) is 0 Å². The fourth-order valence-corrected chi connectivity index (χ4v) is 4.53. The lowest BCUT2D eigenvalue weighted by Gasteiger charge is -2.28. The van der Waals surface area contributed by atoms with Gasteiger partial charge in [0.15, 0.2) is 6.10 Å². The van der Waals surface area contributed by atoms with Gasteiger partial charge in [-0.15, -0.1) is 0 Å². The van der Waals surface area contributed by atoms with Gasteiger partial charge in [-0.25, -0.2) is 4.79 Å². The Morgan fingerprint density at radius 2 is 1.66 bits per heavy atom. The summed E-state index contributed by atoms with van der Waals surface area (Å²) in [7, 11) is 0. The highest BCUT2D eigenvalue weighted by Gasteiger charge is 2.32. The molecule has 0 aliphatic rings. The van der Waals surface area contributed by atoms with Crippen LogP contribution in [0.2, 0.25) is 0 Å². The lowest BCUT2D eigenvalue weighted by atomic mass is 10.0. The maximum Gasteiger partial charge on any atom is 0.412 e. The Morgan fingerprint density at radius 1 is 0.969 bits per heavy atom. The molecule has 3 aromatic carbocycles. The number of aromatic hydroxyl groups is 1. The number of hydrogen-bond acceptors (Lipinski definition) is 5. The van der Waals surface area contributed by atoms with Crippen molar-refractivity contribution in [3.63, 3.8) is 0 Å². The minimum absolute atomic E-state index is 0.0887. The van der Waals surface area contributed by atoms with Crippen molar-refractivity contribution in [3.05, 3.63) is 85.7 Å². The van der Waals surface area contributed by atoms with E-state index in [2.05, 4.69) is 53.1 Å². The van der Waals surface area contributed by atoms with Gasteiger partial charge in [0.2, 0.25) is 0 Å². The van der Waals surface area contributed by atoms with Gasteiger partial charge in [0.1, 0.15) is 17.6 Å². The average molecular weight is 630 g/mol. The van der Waals surface area contributed by atoms with Crippen molar-refractivity contribution in [2.24, 2.45) is 0 Å². The molecule has 3 N–H and O–H groups in total. The molecule has 0 aromatic heterocycles. The number of anilines is 1. The molecule has 0 fully saturated rings. The molecule has 6 nitrogen and oxygen atoms in total. The van der Waals surface area contributed by atoms with Crippen molar-refractivity contribution in [1.82, 2.24) is 0 Å². The first-order valence-electron chi connectivity index (χ1n) is 9.61. The van der Waals surface area contributed by atoms with Gasteiger partial charge in [-0.2, -0.15) is 0 Å². The molecule has 0 saturated carbocycles. The summed E-state index contributed by atoms with van der Waals surface area (Å²) in [5.41, 5.74) is 0.867. The number of aliphatic hydroxyl groups excluding tert-OH is 1. The maximum atomic E-state index is 12.8. The number of ether oxygens (including phenoxy) is 2. The Morgan fingerprint density at radius 3 is 2.31 bits per heavy atom. The number of phenolic OH excluding ortho intramolecular Hbond substituents is 1. The van der Waals surface area contributed by atoms with E-state index in [1.54, 1.807) is 48.5 Å². The molecule has 3 aromatic rings. The van der Waals surface area contributed by atoms with Crippen LogP contribution in [-0.2, 0) is 4.74 Å². The number of carbonyl (C=O) groups is 1. The molecule has 0 saturated heterocycles. The summed E-state index contributed by atoms with van der Waals surface area (Å²) in [5.74, 6) is 0.454.